The van der Waals surface area contributed by atoms with Gasteiger partial charge in [-0.3, -0.25) is 14.3 Å². The molecule has 3 aromatic heterocycles. The molecule has 2 aliphatic heterocycles. The molecule has 1 N–H and O–H groups in total. The molecule has 0 spiro atoms. The molecule has 3 aliphatic rings. The van der Waals surface area contributed by atoms with Gasteiger partial charge in [-0.25, -0.2) is 4.52 Å². The first-order chi connectivity index (χ1) is 20.1. The number of amides is 1. The summed E-state index contributed by atoms with van der Waals surface area (Å²) in [6, 6.07) is 3.86. The van der Waals surface area contributed by atoms with Crippen LogP contribution < -0.4 is 10.2 Å². The quantitative estimate of drug-likeness (QED) is 0.429. The largest absolute Gasteiger partial charge is 0.389 e. The Morgan fingerprint density at radius 1 is 1.10 bits per heavy atom. The Labute approximate surface area is 241 Å². The Morgan fingerprint density at radius 2 is 1.83 bits per heavy atom. The molecule has 226 valence electrons. The number of rotatable bonds is 8. The van der Waals surface area contributed by atoms with Crippen LogP contribution in [0.4, 0.5) is 30.5 Å². The number of hydrogen-bond donors (Lipinski definition) is 1. The van der Waals surface area contributed by atoms with E-state index in [1.165, 1.54) is 0 Å². The standard InChI is InChI=1S/C28H36F3N9O2/c1-36-10-12-37(13-11-36)24(42)18-39-17-21(14-32-39)33-27-34-26-22(6-3-9-40(26)35-27)38-15-19-4-2-5-20(16-38)25(19)23(41)7-8-28(29,30)31/h3,6,9,14,17,19-20,25H,2,4-5,7-8,10-13,15-16,18H2,1H3,(H,33,35). The SMILES string of the molecule is CN1CCN(C(=O)Cn2cc(Nc3nc4c(N5CC6CCCC(C5)C6C(=O)CCC(F)(F)F)cccn4n3)cn2)CC1. The van der Waals surface area contributed by atoms with Crippen molar-refractivity contribution in [2.45, 2.75) is 44.8 Å². The summed E-state index contributed by atoms with van der Waals surface area (Å²) in [5, 5.41) is 12.1. The smallest absolute Gasteiger partial charge is 0.368 e. The van der Waals surface area contributed by atoms with Gasteiger partial charge in [-0.2, -0.15) is 23.3 Å². The van der Waals surface area contributed by atoms with Crippen LogP contribution in [0.15, 0.2) is 30.7 Å². The normalized spacial score (nSPS) is 23.4. The molecule has 3 aromatic rings. The Hall–Kier alpha value is -3.68. The molecule has 6 rings (SSSR count). The number of ketones is 1. The Morgan fingerprint density at radius 3 is 2.55 bits per heavy atom. The molecule has 2 saturated heterocycles. The van der Waals surface area contributed by atoms with E-state index in [4.69, 9.17) is 4.98 Å². The molecule has 0 aromatic carbocycles. The highest BCUT2D eigenvalue weighted by Crippen LogP contribution is 2.43. The van der Waals surface area contributed by atoms with E-state index in [9.17, 15) is 22.8 Å². The van der Waals surface area contributed by atoms with Crippen LogP contribution in [0.3, 0.4) is 0 Å². The lowest BCUT2D eigenvalue weighted by Crippen LogP contribution is -2.51. The van der Waals surface area contributed by atoms with Crippen LogP contribution >= 0.6 is 0 Å². The third kappa shape index (κ3) is 6.22. The summed E-state index contributed by atoms with van der Waals surface area (Å²) in [6.07, 6.45) is 2.05. The molecule has 2 unspecified atom stereocenters. The van der Waals surface area contributed by atoms with E-state index >= 15 is 0 Å². The van der Waals surface area contributed by atoms with Crippen LogP contribution in [0.1, 0.15) is 32.1 Å². The van der Waals surface area contributed by atoms with Crippen molar-refractivity contribution in [3.63, 3.8) is 0 Å². The number of piperazine rings is 1. The van der Waals surface area contributed by atoms with Gasteiger partial charge in [0, 0.05) is 64.0 Å². The lowest BCUT2D eigenvalue weighted by atomic mass is 9.66. The first-order valence-electron chi connectivity index (χ1n) is 14.6. The number of halogens is 3. The van der Waals surface area contributed by atoms with Crippen molar-refractivity contribution in [1.82, 2.24) is 34.2 Å². The number of hydrogen-bond acceptors (Lipinski definition) is 8. The number of nitrogens with one attached hydrogen (secondary N) is 1. The van der Waals surface area contributed by atoms with E-state index < -0.39 is 19.0 Å². The Balaban J connectivity index is 1.12. The zero-order valence-electron chi connectivity index (χ0n) is 23.6. The highest BCUT2D eigenvalue weighted by Gasteiger charge is 2.44. The molecular formula is C28H36F3N9O2. The molecule has 42 heavy (non-hydrogen) atoms. The molecule has 11 nitrogen and oxygen atoms in total. The van der Waals surface area contributed by atoms with Gasteiger partial charge in [0.2, 0.25) is 11.9 Å². The third-order valence-corrected chi connectivity index (χ3v) is 8.83. The maximum atomic E-state index is 12.9. The molecule has 1 amide bonds. The molecule has 0 radical (unpaired) electrons. The first-order valence-corrected chi connectivity index (χ1v) is 14.6. The average Bonchev–Trinajstić information content (AvgIpc) is 3.57. The monoisotopic (exact) mass is 587 g/mol. The first kappa shape index (κ1) is 28.4. The van der Waals surface area contributed by atoms with Crippen LogP contribution in [0, 0.1) is 17.8 Å². The minimum atomic E-state index is -4.32. The highest BCUT2D eigenvalue weighted by atomic mass is 19.4. The number of alkyl halides is 3. The van der Waals surface area contributed by atoms with Gasteiger partial charge in [0.05, 0.1) is 24.0 Å². The minimum absolute atomic E-state index is 0.0263. The van der Waals surface area contributed by atoms with Crippen molar-refractivity contribution in [2.24, 2.45) is 17.8 Å². The van der Waals surface area contributed by atoms with Crippen LogP contribution in [-0.2, 0) is 16.1 Å². The van der Waals surface area contributed by atoms with Crippen molar-refractivity contribution >= 4 is 34.7 Å². The van der Waals surface area contributed by atoms with Crippen molar-refractivity contribution in [2.75, 3.05) is 56.5 Å². The number of nitrogens with zero attached hydrogens (tertiary/aromatic N) is 8. The van der Waals surface area contributed by atoms with Gasteiger partial charge in [-0.15, -0.1) is 5.10 Å². The van der Waals surface area contributed by atoms with Gasteiger partial charge in [-0.05, 0) is 43.9 Å². The maximum absolute atomic E-state index is 12.9. The number of likely N-dealkylation sites (N-methyl/N-ethyl adjacent to an activating group) is 1. The fourth-order valence-electron chi connectivity index (χ4n) is 6.72. The second-order valence-corrected chi connectivity index (χ2v) is 11.8. The van der Waals surface area contributed by atoms with E-state index in [-0.39, 0.29) is 36.0 Å². The van der Waals surface area contributed by atoms with E-state index in [1.807, 2.05) is 30.3 Å². The van der Waals surface area contributed by atoms with Gasteiger partial charge in [-0.1, -0.05) is 6.42 Å². The summed E-state index contributed by atoms with van der Waals surface area (Å²) in [5.41, 5.74) is 2.19. The van der Waals surface area contributed by atoms with Crippen molar-refractivity contribution in [3.8, 4) is 0 Å². The maximum Gasteiger partial charge on any atom is 0.389 e. The zero-order chi connectivity index (χ0) is 29.4. The number of carbonyl (C=O) groups is 2. The Kier molecular flexibility index (Phi) is 7.81. The average molecular weight is 588 g/mol. The molecule has 1 saturated carbocycles. The van der Waals surface area contributed by atoms with Gasteiger partial charge in [0.15, 0.2) is 5.65 Å². The molecular weight excluding hydrogens is 551 g/mol. The summed E-state index contributed by atoms with van der Waals surface area (Å²) in [4.78, 5) is 36.5. The van der Waals surface area contributed by atoms with E-state index in [0.717, 1.165) is 38.0 Å². The third-order valence-electron chi connectivity index (χ3n) is 8.83. The fraction of sp³-hybridized carbons (Fsp3) is 0.607. The molecule has 1 aliphatic carbocycles. The lowest BCUT2D eigenvalue weighted by Gasteiger charge is -2.47. The number of anilines is 3. The van der Waals surface area contributed by atoms with Crippen LogP contribution in [0.25, 0.3) is 5.65 Å². The Bertz CT molecular complexity index is 1420. The number of aromatic nitrogens is 5. The second kappa shape index (κ2) is 11.5. The predicted molar refractivity (Wildman–Crippen MR) is 149 cm³/mol. The number of fused-ring (bicyclic) bond motifs is 3. The fourth-order valence-corrected chi connectivity index (χ4v) is 6.72. The summed E-state index contributed by atoms with van der Waals surface area (Å²) in [6.45, 7) is 4.50. The molecule has 14 heteroatoms. The second-order valence-electron chi connectivity index (χ2n) is 11.8. The van der Waals surface area contributed by atoms with Crippen LogP contribution in [-0.4, -0.2) is 98.4 Å². The summed E-state index contributed by atoms with van der Waals surface area (Å²) in [5.74, 6) is -0.100. The molecule has 5 heterocycles. The van der Waals surface area contributed by atoms with Gasteiger partial charge < -0.3 is 20.0 Å². The number of pyridine rings is 1. The van der Waals surface area contributed by atoms with E-state index in [2.05, 4.69) is 25.3 Å². The number of carbonyl (C=O) groups excluding carboxylic acids is 2. The summed E-state index contributed by atoms with van der Waals surface area (Å²) >= 11 is 0. The van der Waals surface area contributed by atoms with Crippen LogP contribution in [0.5, 0.6) is 0 Å². The number of piperidine rings is 1. The minimum Gasteiger partial charge on any atom is -0.368 e. The molecule has 3 fully saturated rings. The zero-order valence-corrected chi connectivity index (χ0v) is 23.6. The van der Waals surface area contributed by atoms with Crippen molar-refractivity contribution < 1.29 is 22.8 Å². The van der Waals surface area contributed by atoms with Gasteiger partial charge in [0.1, 0.15) is 12.3 Å². The number of Topliss-reactive ketones (excluding diaryl/α,β-unsaturated/α-hetero) is 1. The van der Waals surface area contributed by atoms with Gasteiger partial charge >= 0.3 is 6.18 Å². The highest BCUT2D eigenvalue weighted by molar-refractivity contribution is 5.82. The summed E-state index contributed by atoms with van der Waals surface area (Å²) < 4.78 is 41.6. The molecule has 2 atom stereocenters. The molecule has 2 bridgehead atoms. The lowest BCUT2D eigenvalue weighted by molar-refractivity contribution is -0.147. The summed E-state index contributed by atoms with van der Waals surface area (Å²) in [7, 11) is 2.05. The van der Waals surface area contributed by atoms with Crippen molar-refractivity contribution in [1.29, 1.82) is 0 Å². The van der Waals surface area contributed by atoms with Crippen molar-refractivity contribution in [3.05, 3.63) is 30.7 Å². The van der Waals surface area contributed by atoms with E-state index in [0.29, 0.717) is 43.5 Å². The van der Waals surface area contributed by atoms with Crippen LogP contribution in [0.2, 0.25) is 0 Å². The van der Waals surface area contributed by atoms with Gasteiger partial charge in [0.25, 0.3) is 0 Å². The topological polar surface area (TPSA) is 104 Å². The van der Waals surface area contributed by atoms with E-state index in [1.54, 1.807) is 21.6 Å². The predicted octanol–water partition coefficient (Wildman–Crippen LogP) is 3.21.